The molecule has 0 unspecified atom stereocenters. The SMILES string of the molecule is COC(=O)c1sc(N)c(C(=O)OC)c1COC(=O)[C@H]1CC(=O)N(Cc2ccco2)C1. The number of methoxy groups -OCH3 is 2. The first-order chi connectivity index (χ1) is 14.3. The summed E-state index contributed by atoms with van der Waals surface area (Å²) in [5.74, 6) is -2.36. The van der Waals surface area contributed by atoms with Gasteiger partial charge in [-0.2, -0.15) is 0 Å². The lowest BCUT2D eigenvalue weighted by Crippen LogP contribution is -2.26. The molecule has 1 aliphatic rings. The van der Waals surface area contributed by atoms with E-state index in [-0.39, 0.29) is 53.0 Å². The molecule has 0 saturated carbocycles. The smallest absolute Gasteiger partial charge is 0.348 e. The van der Waals surface area contributed by atoms with Crippen molar-refractivity contribution < 1.29 is 37.8 Å². The van der Waals surface area contributed by atoms with Crippen molar-refractivity contribution in [2.75, 3.05) is 26.5 Å². The topological polar surface area (TPSA) is 138 Å². The zero-order valence-corrected chi connectivity index (χ0v) is 17.2. The lowest BCUT2D eigenvalue weighted by atomic mass is 10.1. The maximum atomic E-state index is 12.5. The number of nitrogens with zero attached hydrogens (tertiary/aromatic N) is 1. The summed E-state index contributed by atoms with van der Waals surface area (Å²) >= 11 is 0.843. The molecule has 3 rings (SSSR count). The maximum Gasteiger partial charge on any atom is 0.348 e. The van der Waals surface area contributed by atoms with Gasteiger partial charge >= 0.3 is 17.9 Å². The predicted molar refractivity (Wildman–Crippen MR) is 103 cm³/mol. The normalized spacial score (nSPS) is 15.9. The van der Waals surface area contributed by atoms with Gasteiger partial charge in [-0.05, 0) is 12.1 Å². The fraction of sp³-hybridized carbons (Fsp3) is 0.368. The van der Waals surface area contributed by atoms with Gasteiger partial charge in [0, 0.05) is 18.5 Å². The van der Waals surface area contributed by atoms with Gasteiger partial charge in [-0.15, -0.1) is 11.3 Å². The summed E-state index contributed by atoms with van der Waals surface area (Å²) in [4.78, 5) is 50.4. The summed E-state index contributed by atoms with van der Waals surface area (Å²) in [5, 5.41) is 0.0500. The number of nitrogen functional groups attached to an aromatic ring is 1. The van der Waals surface area contributed by atoms with Crippen LogP contribution in [0.4, 0.5) is 5.00 Å². The molecule has 0 spiro atoms. The third-order valence-electron chi connectivity index (χ3n) is 4.63. The molecule has 1 amide bonds. The van der Waals surface area contributed by atoms with Crippen LogP contribution in [0.3, 0.4) is 0 Å². The van der Waals surface area contributed by atoms with Crippen LogP contribution in [0.15, 0.2) is 22.8 Å². The second-order valence-electron chi connectivity index (χ2n) is 6.49. The second kappa shape index (κ2) is 8.99. The summed E-state index contributed by atoms with van der Waals surface area (Å²) in [7, 11) is 2.36. The van der Waals surface area contributed by atoms with E-state index < -0.39 is 23.8 Å². The summed E-state index contributed by atoms with van der Waals surface area (Å²) in [5.41, 5.74) is 5.92. The zero-order chi connectivity index (χ0) is 21.8. The van der Waals surface area contributed by atoms with E-state index in [4.69, 9.17) is 24.4 Å². The molecular weight excluding hydrogens is 416 g/mol. The molecule has 10 nitrogen and oxygen atoms in total. The van der Waals surface area contributed by atoms with Crippen LogP contribution in [0, 0.1) is 5.92 Å². The van der Waals surface area contributed by atoms with E-state index in [1.54, 1.807) is 12.1 Å². The number of carbonyl (C=O) groups is 4. The van der Waals surface area contributed by atoms with E-state index in [0.717, 1.165) is 11.3 Å². The number of amides is 1. The number of thiophene rings is 1. The molecule has 1 fully saturated rings. The quantitative estimate of drug-likeness (QED) is 0.506. The number of ether oxygens (including phenoxy) is 3. The van der Waals surface area contributed by atoms with Crippen molar-refractivity contribution in [1.29, 1.82) is 0 Å². The Hall–Kier alpha value is -3.34. The van der Waals surface area contributed by atoms with E-state index in [1.165, 1.54) is 25.4 Å². The average molecular weight is 436 g/mol. The summed E-state index contributed by atoms with van der Waals surface area (Å²) in [6, 6.07) is 3.45. The molecule has 0 aromatic carbocycles. The Labute approximate surface area is 175 Å². The fourth-order valence-corrected chi connectivity index (χ4v) is 4.12. The first-order valence-electron chi connectivity index (χ1n) is 8.90. The highest BCUT2D eigenvalue weighted by molar-refractivity contribution is 7.18. The third kappa shape index (κ3) is 4.30. The predicted octanol–water partition coefficient (Wildman–Crippen LogP) is 1.59. The molecule has 0 bridgehead atoms. The number of furan rings is 1. The number of hydrogen-bond acceptors (Lipinski definition) is 10. The molecule has 3 heterocycles. The number of esters is 3. The highest BCUT2D eigenvalue weighted by Gasteiger charge is 2.36. The first-order valence-corrected chi connectivity index (χ1v) is 9.71. The largest absolute Gasteiger partial charge is 0.467 e. The van der Waals surface area contributed by atoms with Crippen molar-refractivity contribution in [3.63, 3.8) is 0 Å². The molecule has 30 heavy (non-hydrogen) atoms. The van der Waals surface area contributed by atoms with Crippen LogP contribution < -0.4 is 5.73 Å². The van der Waals surface area contributed by atoms with Gasteiger partial charge in [0.05, 0.1) is 32.9 Å². The molecule has 2 aromatic heterocycles. The molecule has 11 heteroatoms. The van der Waals surface area contributed by atoms with Gasteiger partial charge in [0.2, 0.25) is 5.91 Å². The lowest BCUT2D eigenvalue weighted by Gasteiger charge is -2.15. The van der Waals surface area contributed by atoms with Crippen LogP contribution >= 0.6 is 11.3 Å². The Morgan fingerprint density at radius 2 is 2.00 bits per heavy atom. The van der Waals surface area contributed by atoms with Crippen molar-refractivity contribution in [3.05, 3.63) is 40.2 Å². The van der Waals surface area contributed by atoms with Gasteiger partial charge < -0.3 is 29.3 Å². The average Bonchev–Trinajstić information content (AvgIpc) is 3.45. The van der Waals surface area contributed by atoms with Gasteiger partial charge in [0.1, 0.15) is 27.8 Å². The number of likely N-dealkylation sites (tertiary alicyclic amines) is 1. The summed E-state index contributed by atoms with van der Waals surface area (Å²) in [6.07, 6.45) is 1.50. The fourth-order valence-electron chi connectivity index (χ4n) is 3.14. The minimum Gasteiger partial charge on any atom is -0.467 e. The standard InChI is InChI=1S/C19H20N2O8S/c1-26-18(24)14-12(15(19(25)27-2)30-16(14)20)9-29-17(23)10-6-13(22)21(7-10)8-11-4-3-5-28-11/h3-5,10H,6-9,20H2,1-2H3/t10-/m0/s1. The van der Waals surface area contributed by atoms with Crippen molar-refractivity contribution in [2.45, 2.75) is 19.6 Å². The highest BCUT2D eigenvalue weighted by Crippen LogP contribution is 2.33. The van der Waals surface area contributed by atoms with Gasteiger partial charge in [-0.25, -0.2) is 9.59 Å². The minimum absolute atomic E-state index is 0.000957. The molecule has 1 atom stereocenters. The van der Waals surface area contributed by atoms with Gasteiger partial charge in [-0.1, -0.05) is 0 Å². The van der Waals surface area contributed by atoms with E-state index in [2.05, 4.69) is 0 Å². The maximum absolute atomic E-state index is 12.5. The monoisotopic (exact) mass is 436 g/mol. The van der Waals surface area contributed by atoms with Gasteiger partial charge in [-0.3, -0.25) is 9.59 Å². The molecule has 1 saturated heterocycles. The van der Waals surface area contributed by atoms with Crippen LogP contribution in [0.2, 0.25) is 0 Å². The van der Waals surface area contributed by atoms with E-state index in [1.807, 2.05) is 0 Å². The van der Waals surface area contributed by atoms with Crippen LogP contribution in [-0.2, 0) is 37.0 Å². The molecular formula is C19H20N2O8S. The molecule has 1 aliphatic heterocycles. The van der Waals surface area contributed by atoms with Crippen LogP contribution in [0.25, 0.3) is 0 Å². The summed E-state index contributed by atoms with van der Waals surface area (Å²) < 4.78 is 20.0. The van der Waals surface area contributed by atoms with Crippen molar-refractivity contribution in [3.8, 4) is 0 Å². The van der Waals surface area contributed by atoms with Gasteiger partial charge in [0.25, 0.3) is 0 Å². The summed E-state index contributed by atoms with van der Waals surface area (Å²) in [6.45, 7) is 0.0534. The first kappa shape index (κ1) is 21.4. The Bertz CT molecular complexity index is 966. The number of rotatable bonds is 7. The number of carbonyl (C=O) groups excluding carboxylic acids is 4. The highest BCUT2D eigenvalue weighted by atomic mass is 32.1. The Balaban J connectivity index is 1.70. The van der Waals surface area contributed by atoms with Crippen LogP contribution in [0.1, 0.15) is 37.8 Å². The van der Waals surface area contributed by atoms with Crippen molar-refractivity contribution in [2.24, 2.45) is 5.92 Å². The molecule has 0 aliphatic carbocycles. The minimum atomic E-state index is -0.759. The molecule has 2 aromatic rings. The van der Waals surface area contributed by atoms with Crippen LogP contribution in [-0.4, -0.2) is 49.5 Å². The lowest BCUT2D eigenvalue weighted by molar-refractivity contribution is -0.149. The van der Waals surface area contributed by atoms with E-state index in [0.29, 0.717) is 5.76 Å². The molecule has 2 N–H and O–H groups in total. The third-order valence-corrected chi connectivity index (χ3v) is 5.67. The number of nitrogens with two attached hydrogens (primary N) is 1. The molecule has 0 radical (unpaired) electrons. The Kier molecular flexibility index (Phi) is 6.40. The Morgan fingerprint density at radius 3 is 2.63 bits per heavy atom. The van der Waals surface area contributed by atoms with Gasteiger partial charge in [0.15, 0.2) is 0 Å². The Morgan fingerprint density at radius 1 is 1.27 bits per heavy atom. The number of anilines is 1. The van der Waals surface area contributed by atoms with E-state index >= 15 is 0 Å². The second-order valence-corrected chi connectivity index (χ2v) is 7.55. The number of hydrogen-bond donors (Lipinski definition) is 1. The zero-order valence-electron chi connectivity index (χ0n) is 16.3. The van der Waals surface area contributed by atoms with E-state index in [9.17, 15) is 19.2 Å². The molecule has 160 valence electrons. The van der Waals surface area contributed by atoms with Crippen LogP contribution in [0.5, 0.6) is 0 Å². The van der Waals surface area contributed by atoms with Crippen molar-refractivity contribution in [1.82, 2.24) is 4.90 Å². The van der Waals surface area contributed by atoms with Crippen molar-refractivity contribution >= 4 is 40.2 Å².